The Morgan fingerprint density at radius 3 is 2.09 bits per heavy atom. The van der Waals surface area contributed by atoms with Crippen LogP contribution in [0.3, 0.4) is 0 Å². The molecule has 2 unspecified atom stereocenters. The van der Waals surface area contributed by atoms with Gasteiger partial charge in [0.25, 0.3) is 0 Å². The van der Waals surface area contributed by atoms with Gasteiger partial charge in [-0.15, -0.1) is 0 Å². The number of hydrogen-bond acceptors (Lipinski definition) is 4. The van der Waals surface area contributed by atoms with Crippen LogP contribution in [0.15, 0.2) is 24.3 Å². The molecule has 0 aliphatic heterocycles. The third kappa shape index (κ3) is 5.83. The molecule has 0 bridgehead atoms. The number of carbonyl (C=O) groups excluding carboxylic acids is 2. The fraction of sp³-hybridized carbons (Fsp3) is 0.500. The summed E-state index contributed by atoms with van der Waals surface area (Å²) in [5, 5.41) is 5.57. The fourth-order valence-electron chi connectivity index (χ4n) is 1.86. The first-order valence-electron chi connectivity index (χ1n) is 7.44. The zero-order chi connectivity index (χ0) is 16.7. The minimum atomic E-state index is -0.524. The Labute approximate surface area is 132 Å². The first-order chi connectivity index (χ1) is 10.3. The van der Waals surface area contributed by atoms with Gasteiger partial charge in [-0.05, 0) is 44.3 Å². The van der Waals surface area contributed by atoms with E-state index in [-0.39, 0.29) is 17.7 Å². The van der Waals surface area contributed by atoms with Crippen LogP contribution in [0.2, 0.25) is 0 Å². The molecule has 1 rings (SSSR count). The van der Waals surface area contributed by atoms with E-state index in [1.165, 1.54) is 0 Å². The largest absolute Gasteiger partial charge is 0.325 e. The van der Waals surface area contributed by atoms with E-state index in [2.05, 4.69) is 10.6 Å². The number of benzene rings is 1. The van der Waals surface area contributed by atoms with Gasteiger partial charge >= 0.3 is 0 Å². The van der Waals surface area contributed by atoms with Crippen LogP contribution in [-0.2, 0) is 9.59 Å². The van der Waals surface area contributed by atoms with Gasteiger partial charge in [0.15, 0.2) is 0 Å². The number of likely N-dealkylation sites (N-methyl/N-ethyl adjacent to an activating group) is 1. The van der Waals surface area contributed by atoms with Crippen LogP contribution in [0.25, 0.3) is 0 Å². The molecule has 0 saturated heterocycles. The van der Waals surface area contributed by atoms with Gasteiger partial charge < -0.3 is 21.3 Å². The van der Waals surface area contributed by atoms with Crippen LogP contribution in [0.5, 0.6) is 0 Å². The zero-order valence-electron chi connectivity index (χ0n) is 13.7. The lowest BCUT2D eigenvalue weighted by molar-refractivity contribution is -0.118. The van der Waals surface area contributed by atoms with E-state index in [1.54, 1.807) is 29.2 Å². The molecular formula is C16H26N4O2. The lowest BCUT2D eigenvalue weighted by atomic mass is 9.99. The number of amides is 2. The van der Waals surface area contributed by atoms with Gasteiger partial charge in [0, 0.05) is 11.4 Å². The average molecular weight is 306 g/mol. The Kier molecular flexibility index (Phi) is 7.01. The molecule has 122 valence electrons. The number of carbonyl (C=O) groups is 2. The van der Waals surface area contributed by atoms with Crippen molar-refractivity contribution in [2.45, 2.75) is 26.3 Å². The molecule has 6 nitrogen and oxygen atoms in total. The molecule has 0 aliphatic carbocycles. The van der Waals surface area contributed by atoms with Crippen molar-refractivity contribution in [3.63, 3.8) is 0 Å². The van der Waals surface area contributed by atoms with Crippen LogP contribution in [0.4, 0.5) is 11.4 Å². The zero-order valence-corrected chi connectivity index (χ0v) is 13.7. The van der Waals surface area contributed by atoms with Crippen molar-refractivity contribution in [3.8, 4) is 0 Å². The molecule has 2 amide bonds. The normalized spacial score (nSPS) is 13.5. The SMILES string of the molecule is CCC(C)C(N)C(=O)Nc1ccc(NC(=O)CN(C)C)cc1. The highest BCUT2D eigenvalue weighted by molar-refractivity contribution is 5.95. The Hall–Kier alpha value is -1.92. The Morgan fingerprint density at radius 2 is 1.64 bits per heavy atom. The molecule has 0 saturated carbocycles. The summed E-state index contributed by atoms with van der Waals surface area (Å²) < 4.78 is 0. The number of nitrogens with zero attached hydrogens (tertiary/aromatic N) is 1. The molecule has 0 aromatic heterocycles. The minimum Gasteiger partial charge on any atom is -0.325 e. The quantitative estimate of drug-likeness (QED) is 0.712. The van der Waals surface area contributed by atoms with Gasteiger partial charge in [0.05, 0.1) is 12.6 Å². The van der Waals surface area contributed by atoms with Gasteiger partial charge in [-0.3, -0.25) is 9.59 Å². The van der Waals surface area contributed by atoms with E-state index in [0.29, 0.717) is 17.9 Å². The number of rotatable bonds is 7. The predicted octanol–water partition coefficient (Wildman–Crippen LogP) is 1.50. The molecule has 0 radical (unpaired) electrons. The second-order valence-electron chi connectivity index (χ2n) is 5.76. The monoisotopic (exact) mass is 306 g/mol. The van der Waals surface area contributed by atoms with Crippen molar-refractivity contribution in [1.29, 1.82) is 0 Å². The van der Waals surface area contributed by atoms with Crippen LogP contribution in [-0.4, -0.2) is 43.4 Å². The van der Waals surface area contributed by atoms with Crippen molar-refractivity contribution in [2.75, 3.05) is 31.3 Å². The summed E-state index contributed by atoms with van der Waals surface area (Å²) in [6.07, 6.45) is 0.853. The van der Waals surface area contributed by atoms with Gasteiger partial charge in [-0.25, -0.2) is 0 Å². The van der Waals surface area contributed by atoms with Gasteiger partial charge in [0.1, 0.15) is 0 Å². The standard InChI is InChI=1S/C16H26N4O2/c1-5-11(2)15(17)16(22)19-13-8-6-12(7-9-13)18-14(21)10-20(3)4/h6-9,11,15H,5,10,17H2,1-4H3,(H,18,21)(H,19,22). The van der Waals surface area contributed by atoms with Crippen molar-refractivity contribution >= 4 is 23.2 Å². The molecule has 4 N–H and O–H groups in total. The highest BCUT2D eigenvalue weighted by Gasteiger charge is 2.19. The molecule has 1 aromatic carbocycles. The first kappa shape index (κ1) is 18.1. The lowest BCUT2D eigenvalue weighted by Gasteiger charge is -2.17. The van der Waals surface area contributed by atoms with Crippen molar-refractivity contribution < 1.29 is 9.59 Å². The topological polar surface area (TPSA) is 87.5 Å². The summed E-state index contributed by atoms with van der Waals surface area (Å²) in [4.78, 5) is 25.4. The summed E-state index contributed by atoms with van der Waals surface area (Å²) in [7, 11) is 3.66. The summed E-state index contributed by atoms with van der Waals surface area (Å²) >= 11 is 0. The smallest absolute Gasteiger partial charge is 0.241 e. The third-order valence-corrected chi connectivity index (χ3v) is 3.46. The van der Waals surface area contributed by atoms with Crippen molar-refractivity contribution in [1.82, 2.24) is 4.90 Å². The summed E-state index contributed by atoms with van der Waals surface area (Å²) in [6, 6.07) is 6.46. The lowest BCUT2D eigenvalue weighted by Crippen LogP contribution is -2.40. The number of hydrogen-bond donors (Lipinski definition) is 3. The van der Waals surface area contributed by atoms with E-state index >= 15 is 0 Å². The van der Waals surface area contributed by atoms with Gasteiger partial charge in [0.2, 0.25) is 11.8 Å². The average Bonchev–Trinajstić information content (AvgIpc) is 2.46. The van der Waals surface area contributed by atoms with Crippen molar-refractivity contribution in [2.24, 2.45) is 11.7 Å². The second-order valence-corrected chi connectivity index (χ2v) is 5.76. The highest BCUT2D eigenvalue weighted by Crippen LogP contribution is 2.15. The minimum absolute atomic E-state index is 0.0828. The molecule has 2 atom stereocenters. The molecule has 0 spiro atoms. The Balaban J connectivity index is 2.58. The number of nitrogens with one attached hydrogen (secondary N) is 2. The van der Waals surface area contributed by atoms with Crippen molar-refractivity contribution in [3.05, 3.63) is 24.3 Å². The molecule has 0 heterocycles. The van der Waals surface area contributed by atoms with E-state index in [9.17, 15) is 9.59 Å². The first-order valence-corrected chi connectivity index (χ1v) is 7.44. The molecule has 1 aromatic rings. The van der Waals surface area contributed by atoms with Gasteiger partial charge in [-0.2, -0.15) is 0 Å². The second kappa shape index (κ2) is 8.51. The van der Waals surface area contributed by atoms with E-state index in [4.69, 9.17) is 5.73 Å². The van der Waals surface area contributed by atoms with Crippen LogP contribution in [0.1, 0.15) is 20.3 Å². The predicted molar refractivity (Wildman–Crippen MR) is 89.7 cm³/mol. The molecular weight excluding hydrogens is 280 g/mol. The molecule has 6 heteroatoms. The third-order valence-electron chi connectivity index (χ3n) is 3.46. The van der Waals surface area contributed by atoms with Crippen LogP contribution < -0.4 is 16.4 Å². The Morgan fingerprint density at radius 1 is 1.14 bits per heavy atom. The number of anilines is 2. The maximum Gasteiger partial charge on any atom is 0.241 e. The molecule has 0 aliphatic rings. The van der Waals surface area contributed by atoms with Crippen LogP contribution >= 0.6 is 0 Å². The number of nitrogens with two attached hydrogens (primary N) is 1. The summed E-state index contributed by atoms with van der Waals surface area (Å²) in [5.74, 6) is -0.149. The maximum atomic E-state index is 12.0. The summed E-state index contributed by atoms with van der Waals surface area (Å²) in [6.45, 7) is 4.28. The Bertz CT molecular complexity index is 499. The maximum absolute atomic E-state index is 12.0. The molecule has 0 fully saturated rings. The summed E-state index contributed by atoms with van der Waals surface area (Å²) in [5.41, 5.74) is 7.24. The van der Waals surface area contributed by atoms with E-state index in [0.717, 1.165) is 6.42 Å². The van der Waals surface area contributed by atoms with E-state index < -0.39 is 6.04 Å². The fourth-order valence-corrected chi connectivity index (χ4v) is 1.86. The highest BCUT2D eigenvalue weighted by atomic mass is 16.2. The van der Waals surface area contributed by atoms with Crippen LogP contribution in [0, 0.1) is 5.92 Å². The van der Waals surface area contributed by atoms with E-state index in [1.807, 2.05) is 27.9 Å². The molecule has 22 heavy (non-hydrogen) atoms. The van der Waals surface area contributed by atoms with Gasteiger partial charge in [-0.1, -0.05) is 20.3 Å².